The van der Waals surface area contributed by atoms with Crippen LogP contribution in [0.15, 0.2) is 212 Å². The lowest BCUT2D eigenvalue weighted by molar-refractivity contribution is 1.59. The molecule has 0 saturated carbocycles. The van der Waals surface area contributed by atoms with Crippen molar-refractivity contribution in [2.75, 3.05) is 17.4 Å². The lowest BCUT2D eigenvalue weighted by Crippen LogP contribution is -2.60. The summed E-state index contributed by atoms with van der Waals surface area (Å²) in [5.41, 5.74) is 0. The standard InChI is InChI=1S/C45H41P3Si/c1-8-22-39(23-9-1)46(40-24-10-2-11-25-40)36-49(45-34-20-7-21-35-45,37-47(41-26-12-3-13-27-41)42-28-14-4-15-29-42)38-48(43-30-16-5-17-31-43)44-32-18-6-19-33-44/h1-35H,36-38H2. The number of hydrogen-bond acceptors (Lipinski definition) is 0. The summed E-state index contributed by atoms with van der Waals surface area (Å²) in [5.74, 6) is 3.62. The van der Waals surface area contributed by atoms with Gasteiger partial charge in [-0.15, -0.1) is 0 Å². The van der Waals surface area contributed by atoms with Crippen molar-refractivity contribution in [2.24, 2.45) is 0 Å². The lowest BCUT2D eigenvalue weighted by Gasteiger charge is -2.41. The first-order chi connectivity index (χ1) is 24.3. The molecule has 7 rings (SSSR count). The van der Waals surface area contributed by atoms with E-state index in [4.69, 9.17) is 0 Å². The summed E-state index contributed by atoms with van der Waals surface area (Å²) < 4.78 is 0. The van der Waals surface area contributed by atoms with Crippen LogP contribution in [0.2, 0.25) is 0 Å². The van der Waals surface area contributed by atoms with Crippen molar-refractivity contribution in [2.45, 2.75) is 0 Å². The Morgan fingerprint density at radius 2 is 0.429 bits per heavy atom. The van der Waals surface area contributed by atoms with Crippen molar-refractivity contribution >= 4 is 68.9 Å². The van der Waals surface area contributed by atoms with Crippen LogP contribution in [0, 0.1) is 0 Å². The van der Waals surface area contributed by atoms with Gasteiger partial charge in [-0.05, 0) is 72.9 Å². The summed E-state index contributed by atoms with van der Waals surface area (Å²) in [7, 11) is -4.22. The average Bonchev–Trinajstić information content (AvgIpc) is 3.20. The Labute approximate surface area is 297 Å². The molecule has 0 atom stereocenters. The van der Waals surface area contributed by atoms with Crippen LogP contribution in [0.1, 0.15) is 0 Å². The van der Waals surface area contributed by atoms with Gasteiger partial charge < -0.3 is 0 Å². The first-order valence-corrected chi connectivity index (χ1v) is 24.2. The molecule has 0 N–H and O–H groups in total. The first kappa shape index (κ1) is 33.5. The van der Waals surface area contributed by atoms with E-state index in [2.05, 4.69) is 212 Å². The number of hydrogen-bond donors (Lipinski definition) is 0. The minimum Gasteiger partial charge on any atom is -0.0629 e. The molecule has 7 aromatic rings. The maximum absolute atomic E-state index is 2.49. The third-order valence-corrected chi connectivity index (χ3v) is 27.3. The molecule has 0 nitrogen and oxygen atoms in total. The minimum absolute atomic E-state index is 0.617. The van der Waals surface area contributed by atoms with Gasteiger partial charge in [0.25, 0.3) is 0 Å². The Hall–Kier alpha value is -3.95. The molecule has 0 aliphatic rings. The molecule has 4 heteroatoms. The van der Waals surface area contributed by atoms with Gasteiger partial charge >= 0.3 is 0 Å². The third-order valence-electron chi connectivity index (χ3n) is 9.18. The molecule has 0 heterocycles. The Morgan fingerprint density at radius 3 is 0.633 bits per heavy atom. The van der Waals surface area contributed by atoms with E-state index in [1.54, 1.807) is 5.19 Å². The summed E-state index contributed by atoms with van der Waals surface area (Å²) in [5, 5.41) is 10.4. The van der Waals surface area contributed by atoms with Crippen LogP contribution in [0.4, 0.5) is 0 Å². The second-order valence-electron chi connectivity index (χ2n) is 12.4. The first-order valence-electron chi connectivity index (χ1n) is 17.0. The van der Waals surface area contributed by atoms with Gasteiger partial charge in [-0.1, -0.05) is 218 Å². The predicted molar refractivity (Wildman–Crippen MR) is 224 cm³/mol. The quantitative estimate of drug-likeness (QED) is 0.0838. The second kappa shape index (κ2) is 16.6. The highest BCUT2D eigenvalue weighted by molar-refractivity contribution is 7.81. The molecule has 0 saturated heterocycles. The van der Waals surface area contributed by atoms with Gasteiger partial charge in [-0.25, -0.2) is 0 Å². The normalized spacial score (nSPS) is 11.7. The molecule has 0 aliphatic carbocycles. The van der Waals surface area contributed by atoms with E-state index in [1.165, 1.54) is 49.2 Å². The van der Waals surface area contributed by atoms with Crippen LogP contribution < -0.4 is 37.0 Å². The summed E-state index contributed by atoms with van der Waals surface area (Å²) in [6.45, 7) is 0. The molecule has 0 fully saturated rings. The van der Waals surface area contributed by atoms with Crippen LogP contribution in [0.3, 0.4) is 0 Å². The molecule has 240 valence electrons. The van der Waals surface area contributed by atoms with Crippen molar-refractivity contribution < 1.29 is 0 Å². The SMILES string of the molecule is c1ccc(P(C[Si](CP(c2ccccc2)c2ccccc2)(CP(c2ccccc2)c2ccccc2)c2ccccc2)c2ccccc2)cc1. The van der Waals surface area contributed by atoms with E-state index in [0.717, 1.165) is 0 Å². The topological polar surface area (TPSA) is 0 Å². The maximum atomic E-state index is 2.49. The lowest BCUT2D eigenvalue weighted by atomic mass is 10.4. The Balaban J connectivity index is 1.48. The van der Waals surface area contributed by atoms with Crippen LogP contribution in [-0.4, -0.2) is 25.4 Å². The van der Waals surface area contributed by atoms with E-state index in [9.17, 15) is 0 Å². The molecule has 0 spiro atoms. The Kier molecular flexibility index (Phi) is 11.4. The highest BCUT2D eigenvalue weighted by Gasteiger charge is 2.43. The average molecular weight is 703 g/mol. The van der Waals surface area contributed by atoms with E-state index < -0.39 is 31.8 Å². The maximum Gasteiger partial charge on any atom is 0.101 e. The summed E-state index contributed by atoms with van der Waals surface area (Å²) >= 11 is 0. The second-order valence-corrected chi connectivity index (χ2v) is 25.0. The van der Waals surface area contributed by atoms with Crippen molar-refractivity contribution in [1.82, 2.24) is 0 Å². The Bertz CT molecular complexity index is 1650. The molecule has 0 aliphatic heterocycles. The molecule has 0 amide bonds. The van der Waals surface area contributed by atoms with Gasteiger partial charge in [-0.2, -0.15) is 0 Å². The monoisotopic (exact) mass is 702 g/mol. The van der Waals surface area contributed by atoms with Gasteiger partial charge in [0.15, 0.2) is 0 Å². The highest BCUT2D eigenvalue weighted by atomic mass is 31.1. The summed E-state index contributed by atoms with van der Waals surface area (Å²) in [6, 6.07) is 80.2. The van der Waals surface area contributed by atoms with Gasteiger partial charge in [-0.3, -0.25) is 0 Å². The van der Waals surface area contributed by atoms with Crippen molar-refractivity contribution in [1.29, 1.82) is 0 Å². The predicted octanol–water partition coefficient (Wildman–Crippen LogP) is 8.36. The smallest absolute Gasteiger partial charge is 0.0629 e. The molecular formula is C45H41P3Si. The number of rotatable bonds is 13. The zero-order chi connectivity index (χ0) is 33.1. The van der Waals surface area contributed by atoms with Crippen LogP contribution in [0.5, 0.6) is 0 Å². The van der Waals surface area contributed by atoms with Crippen LogP contribution >= 0.6 is 23.8 Å². The number of benzene rings is 7. The van der Waals surface area contributed by atoms with E-state index >= 15 is 0 Å². The Morgan fingerprint density at radius 1 is 0.245 bits per heavy atom. The fraction of sp³-hybridized carbons (Fsp3) is 0.0667. The van der Waals surface area contributed by atoms with E-state index in [0.29, 0.717) is 0 Å². The minimum atomic E-state index is -2.37. The fourth-order valence-corrected chi connectivity index (χ4v) is 29.5. The molecule has 49 heavy (non-hydrogen) atoms. The molecule has 0 aromatic heterocycles. The summed E-state index contributed by atoms with van der Waals surface area (Å²) in [4.78, 5) is 0. The van der Waals surface area contributed by atoms with Crippen LogP contribution in [0.25, 0.3) is 0 Å². The van der Waals surface area contributed by atoms with Gasteiger partial charge in [0.1, 0.15) is 8.07 Å². The molecule has 7 aromatic carbocycles. The fourth-order valence-electron chi connectivity index (χ4n) is 6.77. The van der Waals surface area contributed by atoms with Crippen molar-refractivity contribution in [3.05, 3.63) is 212 Å². The molecular weight excluding hydrogens is 662 g/mol. The largest absolute Gasteiger partial charge is 0.101 e. The van der Waals surface area contributed by atoms with E-state index in [1.807, 2.05) is 0 Å². The summed E-state index contributed by atoms with van der Waals surface area (Å²) in [6.07, 6.45) is 0. The van der Waals surface area contributed by atoms with Crippen LogP contribution in [-0.2, 0) is 0 Å². The molecule has 0 unspecified atom stereocenters. The van der Waals surface area contributed by atoms with Gasteiger partial charge in [0, 0.05) is 0 Å². The van der Waals surface area contributed by atoms with Gasteiger partial charge in [0.05, 0.1) is 0 Å². The zero-order valence-electron chi connectivity index (χ0n) is 27.7. The highest BCUT2D eigenvalue weighted by Crippen LogP contribution is 2.47. The van der Waals surface area contributed by atoms with Crippen molar-refractivity contribution in [3.63, 3.8) is 0 Å². The van der Waals surface area contributed by atoms with Gasteiger partial charge in [0.2, 0.25) is 0 Å². The molecule has 0 radical (unpaired) electrons. The zero-order valence-corrected chi connectivity index (χ0v) is 31.4. The molecule has 0 bridgehead atoms. The third kappa shape index (κ3) is 8.27. The van der Waals surface area contributed by atoms with Crippen molar-refractivity contribution in [3.8, 4) is 0 Å². The van der Waals surface area contributed by atoms with E-state index in [-0.39, 0.29) is 0 Å².